The van der Waals surface area contributed by atoms with Gasteiger partial charge in [0.2, 0.25) is 0 Å². The van der Waals surface area contributed by atoms with E-state index < -0.39 is 0 Å². The Hall–Kier alpha value is -2.80. The minimum absolute atomic E-state index is 0.312. The van der Waals surface area contributed by atoms with Crippen LogP contribution in [0.4, 0.5) is 0 Å². The van der Waals surface area contributed by atoms with Crippen LogP contribution in [-0.2, 0) is 12.8 Å². The van der Waals surface area contributed by atoms with Crippen molar-refractivity contribution in [3.05, 3.63) is 120 Å². The molecule has 0 heterocycles. The Morgan fingerprint density at radius 3 is 2.24 bits per heavy atom. The van der Waals surface area contributed by atoms with E-state index in [1.54, 1.807) is 0 Å². The molecule has 1 N–H and O–H groups in total. The molecule has 2 rings (SSSR count). The van der Waals surface area contributed by atoms with Gasteiger partial charge >= 0.3 is 0 Å². The first-order valence-electron chi connectivity index (χ1n) is 10.6. The van der Waals surface area contributed by atoms with E-state index in [1.165, 1.54) is 22.3 Å². The van der Waals surface area contributed by atoms with Crippen LogP contribution in [0.2, 0.25) is 0 Å². The van der Waals surface area contributed by atoms with Crippen molar-refractivity contribution in [3.8, 4) is 0 Å². The molecule has 0 bridgehead atoms. The van der Waals surface area contributed by atoms with Gasteiger partial charge in [0.1, 0.15) is 0 Å². The van der Waals surface area contributed by atoms with Crippen molar-refractivity contribution in [2.45, 2.75) is 52.5 Å². The lowest BCUT2D eigenvalue weighted by molar-refractivity contribution is 0.572. The molecule has 0 spiro atoms. The van der Waals surface area contributed by atoms with Crippen molar-refractivity contribution in [2.24, 2.45) is 0 Å². The lowest BCUT2D eigenvalue weighted by atomic mass is 9.98. The molecule has 1 atom stereocenters. The predicted molar refractivity (Wildman–Crippen MR) is 128 cm³/mol. The molecular weight excluding hydrogens is 350 g/mol. The highest BCUT2D eigenvalue weighted by molar-refractivity contribution is 5.32. The van der Waals surface area contributed by atoms with Crippen LogP contribution in [0.3, 0.4) is 0 Å². The molecule has 1 nitrogen and oxygen atoms in total. The Balaban J connectivity index is 1.91. The molecule has 0 aromatic heterocycles. The minimum Gasteiger partial charge on any atom is -0.382 e. The molecule has 0 amide bonds. The maximum absolute atomic E-state index is 4.26. The van der Waals surface area contributed by atoms with E-state index in [2.05, 4.69) is 105 Å². The number of hydrogen-bond donors (Lipinski definition) is 1. The van der Waals surface area contributed by atoms with Crippen LogP contribution >= 0.6 is 0 Å². The lowest BCUT2D eigenvalue weighted by Gasteiger charge is -2.20. The van der Waals surface area contributed by atoms with Crippen molar-refractivity contribution in [1.29, 1.82) is 0 Å². The third-order valence-electron chi connectivity index (χ3n) is 5.15. The van der Waals surface area contributed by atoms with Gasteiger partial charge in [0.15, 0.2) is 0 Å². The van der Waals surface area contributed by atoms with Gasteiger partial charge < -0.3 is 5.32 Å². The predicted octanol–water partition coefficient (Wildman–Crippen LogP) is 7.49. The second-order valence-corrected chi connectivity index (χ2v) is 7.61. The summed E-state index contributed by atoms with van der Waals surface area (Å²) in [6, 6.07) is 19.8. The zero-order valence-corrected chi connectivity index (χ0v) is 18.2. The van der Waals surface area contributed by atoms with E-state index in [1.807, 2.05) is 6.92 Å². The van der Waals surface area contributed by atoms with Crippen molar-refractivity contribution < 1.29 is 0 Å². The number of benzene rings is 2. The highest BCUT2D eigenvalue weighted by Crippen LogP contribution is 2.20. The summed E-state index contributed by atoms with van der Waals surface area (Å²) in [5, 5.41) is 3.60. The third kappa shape index (κ3) is 7.62. The molecule has 0 aliphatic heterocycles. The van der Waals surface area contributed by atoms with Crippen LogP contribution in [0.15, 0.2) is 103 Å². The van der Waals surface area contributed by atoms with Crippen LogP contribution in [-0.4, -0.2) is 0 Å². The Morgan fingerprint density at radius 1 is 1.00 bits per heavy atom. The van der Waals surface area contributed by atoms with Crippen LogP contribution in [0.25, 0.3) is 0 Å². The van der Waals surface area contributed by atoms with Gasteiger partial charge in [0.25, 0.3) is 0 Å². The zero-order valence-electron chi connectivity index (χ0n) is 18.2. The van der Waals surface area contributed by atoms with E-state index in [9.17, 15) is 0 Å². The summed E-state index contributed by atoms with van der Waals surface area (Å²) < 4.78 is 0. The second-order valence-electron chi connectivity index (χ2n) is 7.61. The Labute approximate surface area is 177 Å². The molecule has 1 heteroatoms. The van der Waals surface area contributed by atoms with Gasteiger partial charge in [-0.05, 0) is 55.4 Å². The van der Waals surface area contributed by atoms with Gasteiger partial charge in [-0.3, -0.25) is 0 Å². The van der Waals surface area contributed by atoms with Gasteiger partial charge in [-0.1, -0.05) is 98.5 Å². The summed E-state index contributed by atoms with van der Waals surface area (Å²) in [7, 11) is 0. The van der Waals surface area contributed by atoms with E-state index in [4.69, 9.17) is 0 Å². The molecular formula is C28H35N. The Bertz CT molecular complexity index is 838. The summed E-state index contributed by atoms with van der Waals surface area (Å²) >= 11 is 0. The highest BCUT2D eigenvalue weighted by atomic mass is 14.9. The SMILES string of the molecule is C=C(Cc1ccc(CC/C(=C/C=C\C)C(=C)C)cc1)NC(CC)c1ccccc1. The fraction of sp³-hybridized carbons (Fsp3) is 0.286. The van der Waals surface area contributed by atoms with Crippen LogP contribution < -0.4 is 5.32 Å². The van der Waals surface area contributed by atoms with Gasteiger partial charge in [-0.15, -0.1) is 0 Å². The fourth-order valence-corrected chi connectivity index (χ4v) is 3.40. The molecule has 2 aromatic rings. The summed E-state index contributed by atoms with van der Waals surface area (Å²) in [4.78, 5) is 0. The number of rotatable bonds is 11. The van der Waals surface area contributed by atoms with Gasteiger partial charge in [-0.25, -0.2) is 0 Å². The topological polar surface area (TPSA) is 12.0 Å². The number of nitrogens with one attached hydrogen (secondary N) is 1. The molecule has 0 saturated carbocycles. The third-order valence-corrected chi connectivity index (χ3v) is 5.15. The normalized spacial score (nSPS) is 12.7. The van der Waals surface area contributed by atoms with Crippen molar-refractivity contribution in [3.63, 3.8) is 0 Å². The van der Waals surface area contributed by atoms with Gasteiger partial charge in [-0.2, -0.15) is 0 Å². The molecule has 0 aliphatic rings. The molecule has 0 fully saturated rings. The summed E-state index contributed by atoms with van der Waals surface area (Å²) in [5.74, 6) is 0. The standard InChI is InChI=1S/C28H35N/c1-6-8-12-26(22(3)4)20-19-24-15-17-25(18-16-24)21-23(5)29-28(7-2)27-13-10-9-11-14-27/h6,8-18,28-29H,3,5,7,19-21H2,1-2,4H3/b8-6-,26-12-. The maximum Gasteiger partial charge on any atom is 0.0508 e. The smallest absolute Gasteiger partial charge is 0.0508 e. The van der Waals surface area contributed by atoms with E-state index in [-0.39, 0.29) is 0 Å². The Kier molecular flexibility index (Phi) is 9.24. The molecule has 2 aromatic carbocycles. The number of allylic oxidation sites excluding steroid dienone is 6. The average Bonchev–Trinajstić information content (AvgIpc) is 2.73. The van der Waals surface area contributed by atoms with Crippen LogP contribution in [0.5, 0.6) is 0 Å². The van der Waals surface area contributed by atoms with E-state index >= 15 is 0 Å². The minimum atomic E-state index is 0.312. The van der Waals surface area contributed by atoms with Gasteiger partial charge in [0, 0.05) is 12.1 Å². The molecule has 152 valence electrons. The number of aryl methyl sites for hydroxylation is 1. The monoisotopic (exact) mass is 385 g/mol. The van der Waals surface area contributed by atoms with Crippen LogP contribution in [0, 0.1) is 0 Å². The molecule has 0 radical (unpaired) electrons. The number of hydrogen-bond acceptors (Lipinski definition) is 1. The van der Waals surface area contributed by atoms with E-state index in [0.717, 1.165) is 37.0 Å². The first-order valence-corrected chi connectivity index (χ1v) is 10.6. The van der Waals surface area contributed by atoms with E-state index in [0.29, 0.717) is 6.04 Å². The summed E-state index contributed by atoms with van der Waals surface area (Å²) in [6.45, 7) is 14.7. The maximum atomic E-state index is 4.26. The van der Waals surface area contributed by atoms with Crippen LogP contribution in [0.1, 0.15) is 56.3 Å². The summed E-state index contributed by atoms with van der Waals surface area (Å²) in [6.07, 6.45) is 10.2. The van der Waals surface area contributed by atoms with Crippen molar-refractivity contribution in [1.82, 2.24) is 5.32 Å². The van der Waals surface area contributed by atoms with Crippen molar-refractivity contribution >= 4 is 0 Å². The summed E-state index contributed by atoms with van der Waals surface area (Å²) in [5.41, 5.74) is 7.48. The Morgan fingerprint density at radius 2 is 1.66 bits per heavy atom. The average molecular weight is 386 g/mol. The zero-order chi connectivity index (χ0) is 21.1. The first-order chi connectivity index (χ1) is 14.0. The molecule has 29 heavy (non-hydrogen) atoms. The fourth-order valence-electron chi connectivity index (χ4n) is 3.40. The second kappa shape index (κ2) is 11.9. The largest absolute Gasteiger partial charge is 0.382 e. The molecule has 1 unspecified atom stereocenters. The highest BCUT2D eigenvalue weighted by Gasteiger charge is 2.09. The quantitative estimate of drug-likeness (QED) is 0.395. The van der Waals surface area contributed by atoms with Crippen molar-refractivity contribution in [2.75, 3.05) is 0 Å². The molecule has 0 saturated heterocycles. The lowest BCUT2D eigenvalue weighted by Crippen LogP contribution is -2.20. The first kappa shape index (κ1) is 22.5. The van der Waals surface area contributed by atoms with Gasteiger partial charge in [0.05, 0.1) is 6.04 Å². The molecule has 0 aliphatic carbocycles.